The molecule has 0 bridgehead atoms. The zero-order valence-corrected chi connectivity index (χ0v) is 10.3. The van der Waals surface area contributed by atoms with Crippen molar-refractivity contribution >= 4 is 35.2 Å². The highest BCUT2D eigenvalue weighted by Gasteiger charge is 2.00. The smallest absolute Gasteiger partial charge is 0.146 e. The quantitative estimate of drug-likeness (QED) is 0.677. The van der Waals surface area contributed by atoms with Crippen molar-refractivity contribution in [1.29, 1.82) is 0 Å². The third-order valence-corrected chi connectivity index (χ3v) is 2.86. The van der Waals surface area contributed by atoms with Crippen molar-refractivity contribution in [2.75, 3.05) is 5.43 Å². The average Bonchev–Trinajstić information content (AvgIpc) is 2.36. The van der Waals surface area contributed by atoms with Gasteiger partial charge in [0.05, 0.1) is 16.3 Å². The molecular formula is C12H9Cl2N3. The summed E-state index contributed by atoms with van der Waals surface area (Å²) >= 11 is 11.9. The number of benzene rings is 1. The van der Waals surface area contributed by atoms with Gasteiger partial charge >= 0.3 is 0 Å². The Kier molecular flexibility index (Phi) is 3.96. The molecule has 1 aromatic heterocycles. The standard InChI is InChI=1S/C12H9Cl2N3/c13-10-5-3-4-9(12(10)14)8-16-17-11-6-1-2-7-15-11/h1-8H,(H,15,17)/b16-8+. The van der Waals surface area contributed by atoms with Gasteiger partial charge in [0.2, 0.25) is 0 Å². The van der Waals surface area contributed by atoms with Gasteiger partial charge in [0, 0.05) is 11.8 Å². The van der Waals surface area contributed by atoms with E-state index >= 15 is 0 Å². The molecule has 0 radical (unpaired) electrons. The SMILES string of the molecule is Clc1cccc(/C=N/Nc2ccccn2)c1Cl. The maximum Gasteiger partial charge on any atom is 0.146 e. The molecule has 0 unspecified atom stereocenters. The van der Waals surface area contributed by atoms with Crippen LogP contribution in [0.1, 0.15) is 5.56 Å². The molecule has 3 nitrogen and oxygen atoms in total. The molecule has 0 aliphatic heterocycles. The summed E-state index contributed by atoms with van der Waals surface area (Å²) in [6.45, 7) is 0. The minimum Gasteiger partial charge on any atom is -0.261 e. The highest BCUT2D eigenvalue weighted by Crippen LogP contribution is 2.24. The number of pyridine rings is 1. The van der Waals surface area contributed by atoms with Crippen LogP contribution in [-0.2, 0) is 0 Å². The fourth-order valence-corrected chi connectivity index (χ4v) is 1.57. The van der Waals surface area contributed by atoms with Gasteiger partial charge in [-0.25, -0.2) is 4.98 Å². The Bertz CT molecular complexity index is 527. The van der Waals surface area contributed by atoms with Gasteiger partial charge in [0.15, 0.2) is 0 Å². The van der Waals surface area contributed by atoms with Crippen LogP contribution in [-0.4, -0.2) is 11.2 Å². The first-order valence-corrected chi connectivity index (χ1v) is 5.67. The Labute approximate surface area is 109 Å². The minimum atomic E-state index is 0.487. The number of halogens is 2. The van der Waals surface area contributed by atoms with E-state index < -0.39 is 0 Å². The number of anilines is 1. The number of rotatable bonds is 3. The van der Waals surface area contributed by atoms with Gasteiger partial charge in [-0.1, -0.05) is 41.4 Å². The lowest BCUT2D eigenvalue weighted by Gasteiger charge is -2.00. The normalized spacial score (nSPS) is 10.7. The second-order valence-corrected chi connectivity index (χ2v) is 4.01. The van der Waals surface area contributed by atoms with Gasteiger partial charge < -0.3 is 0 Å². The molecule has 0 aliphatic rings. The van der Waals surface area contributed by atoms with E-state index in [1.165, 1.54) is 0 Å². The summed E-state index contributed by atoms with van der Waals surface area (Å²) in [7, 11) is 0. The van der Waals surface area contributed by atoms with Crippen LogP contribution in [0.15, 0.2) is 47.7 Å². The second kappa shape index (κ2) is 5.66. The van der Waals surface area contributed by atoms with Crippen molar-refractivity contribution in [3.8, 4) is 0 Å². The van der Waals surface area contributed by atoms with Gasteiger partial charge in [-0.15, -0.1) is 0 Å². The van der Waals surface area contributed by atoms with Crippen molar-refractivity contribution in [2.45, 2.75) is 0 Å². The molecule has 0 fully saturated rings. The molecule has 2 rings (SSSR count). The first-order valence-electron chi connectivity index (χ1n) is 4.91. The molecule has 1 aromatic carbocycles. The Hall–Kier alpha value is -1.58. The van der Waals surface area contributed by atoms with Crippen LogP contribution in [0, 0.1) is 0 Å². The molecule has 5 heteroatoms. The van der Waals surface area contributed by atoms with E-state index in [-0.39, 0.29) is 0 Å². The Balaban J connectivity index is 2.09. The second-order valence-electron chi connectivity index (χ2n) is 3.23. The highest BCUT2D eigenvalue weighted by molar-refractivity contribution is 6.43. The number of hydrogen-bond donors (Lipinski definition) is 1. The van der Waals surface area contributed by atoms with E-state index in [9.17, 15) is 0 Å². The summed E-state index contributed by atoms with van der Waals surface area (Å²) in [5.74, 6) is 0.668. The lowest BCUT2D eigenvalue weighted by atomic mass is 10.2. The molecule has 0 amide bonds. The predicted octanol–water partition coefficient (Wildman–Crippen LogP) is 3.83. The lowest BCUT2D eigenvalue weighted by molar-refractivity contribution is 1.23. The Morgan fingerprint density at radius 1 is 1.12 bits per heavy atom. The molecular weight excluding hydrogens is 257 g/mol. The van der Waals surface area contributed by atoms with Crippen LogP contribution < -0.4 is 5.43 Å². The van der Waals surface area contributed by atoms with E-state index in [1.807, 2.05) is 30.3 Å². The van der Waals surface area contributed by atoms with Crippen LogP contribution in [0.3, 0.4) is 0 Å². The maximum atomic E-state index is 6.01. The van der Waals surface area contributed by atoms with E-state index in [4.69, 9.17) is 23.2 Å². The first kappa shape index (κ1) is 11.9. The van der Waals surface area contributed by atoms with E-state index in [0.717, 1.165) is 5.56 Å². The molecule has 0 aliphatic carbocycles. The number of aromatic nitrogens is 1. The summed E-state index contributed by atoms with van der Waals surface area (Å²) in [4.78, 5) is 4.07. The van der Waals surface area contributed by atoms with E-state index in [1.54, 1.807) is 18.5 Å². The Morgan fingerprint density at radius 3 is 2.76 bits per heavy atom. The van der Waals surface area contributed by atoms with Gasteiger partial charge in [-0.2, -0.15) is 5.10 Å². The zero-order valence-electron chi connectivity index (χ0n) is 8.77. The first-order chi connectivity index (χ1) is 8.27. The molecule has 1 N–H and O–H groups in total. The molecule has 0 saturated carbocycles. The average molecular weight is 266 g/mol. The van der Waals surface area contributed by atoms with Crippen molar-refractivity contribution in [2.24, 2.45) is 5.10 Å². The van der Waals surface area contributed by atoms with Crippen molar-refractivity contribution in [3.63, 3.8) is 0 Å². The van der Waals surface area contributed by atoms with Crippen LogP contribution in [0.25, 0.3) is 0 Å². The molecule has 0 spiro atoms. The van der Waals surface area contributed by atoms with Crippen LogP contribution in [0.2, 0.25) is 10.0 Å². The van der Waals surface area contributed by atoms with E-state index in [2.05, 4.69) is 15.5 Å². The summed E-state index contributed by atoms with van der Waals surface area (Å²) in [6.07, 6.45) is 3.28. The summed E-state index contributed by atoms with van der Waals surface area (Å²) in [6, 6.07) is 10.9. The molecule has 1 heterocycles. The van der Waals surface area contributed by atoms with E-state index in [0.29, 0.717) is 15.9 Å². The zero-order chi connectivity index (χ0) is 12.1. The van der Waals surface area contributed by atoms with Gasteiger partial charge in [-0.05, 0) is 18.2 Å². The fourth-order valence-electron chi connectivity index (χ4n) is 1.22. The molecule has 17 heavy (non-hydrogen) atoms. The maximum absolute atomic E-state index is 6.01. The van der Waals surface area contributed by atoms with Crippen molar-refractivity contribution in [3.05, 3.63) is 58.2 Å². The number of nitrogens with one attached hydrogen (secondary N) is 1. The lowest BCUT2D eigenvalue weighted by Crippen LogP contribution is -1.93. The van der Waals surface area contributed by atoms with Gasteiger partial charge in [0.1, 0.15) is 5.82 Å². The molecule has 2 aromatic rings. The Morgan fingerprint density at radius 2 is 2.00 bits per heavy atom. The largest absolute Gasteiger partial charge is 0.261 e. The van der Waals surface area contributed by atoms with Crippen molar-refractivity contribution < 1.29 is 0 Å². The van der Waals surface area contributed by atoms with Crippen molar-refractivity contribution in [1.82, 2.24) is 4.98 Å². The fraction of sp³-hybridized carbons (Fsp3) is 0. The van der Waals surface area contributed by atoms with Crippen LogP contribution >= 0.6 is 23.2 Å². The van der Waals surface area contributed by atoms with Gasteiger partial charge in [-0.3, -0.25) is 5.43 Å². The predicted molar refractivity (Wildman–Crippen MR) is 71.9 cm³/mol. The summed E-state index contributed by atoms with van der Waals surface area (Å²) in [5, 5.41) is 5.03. The summed E-state index contributed by atoms with van der Waals surface area (Å²) < 4.78 is 0. The highest BCUT2D eigenvalue weighted by atomic mass is 35.5. The third kappa shape index (κ3) is 3.19. The number of hydrazone groups is 1. The summed E-state index contributed by atoms with van der Waals surface area (Å²) in [5.41, 5.74) is 3.55. The minimum absolute atomic E-state index is 0.487. The van der Waals surface area contributed by atoms with Crippen LogP contribution in [0.4, 0.5) is 5.82 Å². The molecule has 0 atom stereocenters. The molecule has 86 valence electrons. The molecule has 0 saturated heterocycles. The van der Waals surface area contributed by atoms with Crippen LogP contribution in [0.5, 0.6) is 0 Å². The monoisotopic (exact) mass is 265 g/mol. The topological polar surface area (TPSA) is 37.3 Å². The number of nitrogens with zero attached hydrogens (tertiary/aromatic N) is 2. The third-order valence-electron chi connectivity index (χ3n) is 2.03. The van der Waals surface area contributed by atoms with Gasteiger partial charge in [0.25, 0.3) is 0 Å². The number of hydrogen-bond acceptors (Lipinski definition) is 3.